The van der Waals surface area contributed by atoms with Crippen LogP contribution in [0.25, 0.3) is 0 Å². The summed E-state index contributed by atoms with van der Waals surface area (Å²) in [6.45, 7) is 1.27. The standard InChI is InChI=1S/C18H20ClN3O4/c1-11(13-8-4-5-9-14(13)19)20-15(23)10-21-16(24)17(25)22(18(21)26)12-6-2-3-7-12/h4-5,8-9,11-12H,2-3,6-7,10H2,1H3,(H,20,23)/t11-/m0/s1. The van der Waals surface area contributed by atoms with Crippen molar-refractivity contribution in [3.63, 3.8) is 0 Å². The van der Waals surface area contributed by atoms with Crippen molar-refractivity contribution in [2.75, 3.05) is 6.54 Å². The molecule has 5 amide bonds. The van der Waals surface area contributed by atoms with Gasteiger partial charge in [0, 0.05) is 11.1 Å². The quantitative estimate of drug-likeness (QED) is 0.629. The van der Waals surface area contributed by atoms with Crippen molar-refractivity contribution in [1.82, 2.24) is 15.1 Å². The van der Waals surface area contributed by atoms with Gasteiger partial charge in [-0.3, -0.25) is 19.3 Å². The fourth-order valence-electron chi connectivity index (χ4n) is 3.48. The molecule has 0 unspecified atom stereocenters. The van der Waals surface area contributed by atoms with E-state index in [9.17, 15) is 19.2 Å². The van der Waals surface area contributed by atoms with Crippen LogP contribution in [0.15, 0.2) is 24.3 Å². The smallest absolute Gasteiger partial charge is 0.334 e. The fraction of sp³-hybridized carbons (Fsp3) is 0.444. The molecule has 1 aromatic carbocycles. The van der Waals surface area contributed by atoms with Crippen molar-refractivity contribution < 1.29 is 19.2 Å². The van der Waals surface area contributed by atoms with Gasteiger partial charge in [-0.1, -0.05) is 42.6 Å². The Morgan fingerprint density at radius 3 is 2.50 bits per heavy atom. The predicted octanol–water partition coefficient (Wildman–Crippen LogP) is 2.25. The van der Waals surface area contributed by atoms with E-state index in [1.54, 1.807) is 31.2 Å². The molecule has 1 saturated carbocycles. The molecule has 1 heterocycles. The lowest BCUT2D eigenvalue weighted by Crippen LogP contribution is -2.43. The zero-order chi connectivity index (χ0) is 18.8. The molecule has 0 aromatic heterocycles. The van der Waals surface area contributed by atoms with Gasteiger partial charge in [-0.25, -0.2) is 9.69 Å². The van der Waals surface area contributed by atoms with E-state index in [0.29, 0.717) is 17.9 Å². The number of carbonyl (C=O) groups excluding carboxylic acids is 4. The van der Waals surface area contributed by atoms with Gasteiger partial charge in [-0.15, -0.1) is 0 Å². The largest absolute Gasteiger partial charge is 0.348 e. The average Bonchev–Trinajstić information content (AvgIpc) is 3.19. The molecular formula is C18H20ClN3O4. The number of nitrogens with zero attached hydrogens (tertiary/aromatic N) is 2. The SMILES string of the molecule is C[C@H](NC(=O)CN1C(=O)C(=O)N(C2CCCC2)C1=O)c1ccccc1Cl. The molecule has 1 aliphatic heterocycles. The number of amides is 5. The monoisotopic (exact) mass is 377 g/mol. The first-order chi connectivity index (χ1) is 12.4. The molecule has 1 atom stereocenters. The van der Waals surface area contributed by atoms with Crippen molar-refractivity contribution in [2.45, 2.75) is 44.7 Å². The Bertz CT molecular complexity index is 761. The molecule has 1 aliphatic carbocycles. The third kappa shape index (κ3) is 3.44. The van der Waals surface area contributed by atoms with Crippen LogP contribution in [-0.2, 0) is 14.4 Å². The van der Waals surface area contributed by atoms with Crippen LogP contribution in [0.1, 0.15) is 44.2 Å². The van der Waals surface area contributed by atoms with E-state index in [1.165, 1.54) is 0 Å². The molecule has 26 heavy (non-hydrogen) atoms. The highest BCUT2D eigenvalue weighted by molar-refractivity contribution is 6.45. The second-order valence-electron chi connectivity index (χ2n) is 6.60. The summed E-state index contributed by atoms with van der Waals surface area (Å²) in [7, 11) is 0. The maximum atomic E-state index is 12.5. The summed E-state index contributed by atoms with van der Waals surface area (Å²) >= 11 is 6.11. The summed E-state index contributed by atoms with van der Waals surface area (Å²) < 4.78 is 0. The van der Waals surface area contributed by atoms with Gasteiger partial charge in [-0.05, 0) is 31.4 Å². The Hall–Kier alpha value is -2.41. The van der Waals surface area contributed by atoms with Crippen LogP contribution in [0.2, 0.25) is 5.02 Å². The van der Waals surface area contributed by atoms with Gasteiger partial charge in [0.1, 0.15) is 6.54 Å². The third-order valence-corrected chi connectivity index (χ3v) is 5.17. The molecule has 2 fully saturated rings. The number of imide groups is 2. The summed E-state index contributed by atoms with van der Waals surface area (Å²) in [5, 5.41) is 3.22. The number of hydrogen-bond acceptors (Lipinski definition) is 4. The lowest BCUT2D eigenvalue weighted by atomic mass is 10.1. The second-order valence-corrected chi connectivity index (χ2v) is 7.01. The number of nitrogens with one attached hydrogen (secondary N) is 1. The summed E-state index contributed by atoms with van der Waals surface area (Å²) in [5.41, 5.74) is 0.727. The highest BCUT2D eigenvalue weighted by Crippen LogP contribution is 2.28. The van der Waals surface area contributed by atoms with E-state index in [2.05, 4.69) is 5.32 Å². The number of rotatable bonds is 5. The maximum absolute atomic E-state index is 12.5. The van der Waals surface area contributed by atoms with Gasteiger partial charge in [0.25, 0.3) is 0 Å². The minimum atomic E-state index is -0.942. The minimum absolute atomic E-state index is 0.242. The van der Waals surface area contributed by atoms with E-state index in [4.69, 9.17) is 11.6 Å². The molecule has 7 nitrogen and oxygen atoms in total. The van der Waals surface area contributed by atoms with Crippen LogP contribution in [0, 0.1) is 0 Å². The summed E-state index contributed by atoms with van der Waals surface area (Å²) in [4.78, 5) is 50.8. The van der Waals surface area contributed by atoms with Crippen LogP contribution in [0.3, 0.4) is 0 Å². The lowest BCUT2D eigenvalue weighted by molar-refractivity contribution is -0.144. The lowest BCUT2D eigenvalue weighted by Gasteiger charge is -2.21. The topological polar surface area (TPSA) is 86.8 Å². The number of carbonyl (C=O) groups is 4. The van der Waals surface area contributed by atoms with Gasteiger partial charge in [0.05, 0.1) is 6.04 Å². The van der Waals surface area contributed by atoms with E-state index < -0.39 is 36.3 Å². The summed E-state index contributed by atoms with van der Waals surface area (Å²) in [5.74, 6) is -2.31. The van der Waals surface area contributed by atoms with Crippen LogP contribution >= 0.6 is 11.6 Å². The molecule has 0 spiro atoms. The third-order valence-electron chi connectivity index (χ3n) is 4.82. The second kappa shape index (κ2) is 7.45. The van der Waals surface area contributed by atoms with Crippen molar-refractivity contribution in [3.8, 4) is 0 Å². The zero-order valence-electron chi connectivity index (χ0n) is 14.4. The first kappa shape index (κ1) is 18.4. The minimum Gasteiger partial charge on any atom is -0.348 e. The molecule has 138 valence electrons. The van der Waals surface area contributed by atoms with E-state index >= 15 is 0 Å². The van der Waals surface area contributed by atoms with Crippen molar-refractivity contribution in [3.05, 3.63) is 34.9 Å². The molecule has 8 heteroatoms. The Kier molecular flexibility index (Phi) is 5.27. The molecule has 1 N–H and O–H groups in total. The Morgan fingerprint density at radius 1 is 1.19 bits per heavy atom. The van der Waals surface area contributed by atoms with Crippen LogP contribution in [0.4, 0.5) is 4.79 Å². The van der Waals surface area contributed by atoms with E-state index in [1.807, 2.05) is 0 Å². The maximum Gasteiger partial charge on any atom is 0.334 e. The molecular weight excluding hydrogens is 358 g/mol. The average molecular weight is 378 g/mol. The highest BCUT2D eigenvalue weighted by Gasteiger charge is 2.48. The summed E-state index contributed by atoms with van der Waals surface area (Å²) in [6.07, 6.45) is 3.25. The summed E-state index contributed by atoms with van der Waals surface area (Å²) in [6, 6.07) is 5.74. The van der Waals surface area contributed by atoms with Crippen LogP contribution < -0.4 is 5.32 Å². The zero-order valence-corrected chi connectivity index (χ0v) is 15.2. The molecule has 2 aliphatic rings. The first-order valence-corrected chi connectivity index (χ1v) is 9.00. The van der Waals surface area contributed by atoms with E-state index in [-0.39, 0.29) is 6.04 Å². The molecule has 3 rings (SSSR count). The number of benzene rings is 1. The number of hydrogen-bond donors (Lipinski definition) is 1. The van der Waals surface area contributed by atoms with Crippen molar-refractivity contribution in [1.29, 1.82) is 0 Å². The van der Waals surface area contributed by atoms with E-state index in [0.717, 1.165) is 28.2 Å². The Balaban J connectivity index is 1.65. The Labute approximate surface area is 156 Å². The predicted molar refractivity (Wildman–Crippen MR) is 94.2 cm³/mol. The van der Waals surface area contributed by atoms with Gasteiger partial charge in [0.15, 0.2) is 0 Å². The molecule has 1 saturated heterocycles. The fourth-order valence-corrected chi connectivity index (χ4v) is 3.78. The van der Waals surface area contributed by atoms with Gasteiger partial charge in [0.2, 0.25) is 5.91 Å². The Morgan fingerprint density at radius 2 is 1.85 bits per heavy atom. The van der Waals surface area contributed by atoms with Crippen LogP contribution in [-0.4, -0.2) is 46.1 Å². The van der Waals surface area contributed by atoms with Gasteiger partial charge in [-0.2, -0.15) is 0 Å². The van der Waals surface area contributed by atoms with Crippen molar-refractivity contribution >= 4 is 35.4 Å². The number of halogens is 1. The van der Waals surface area contributed by atoms with Crippen molar-refractivity contribution in [2.24, 2.45) is 0 Å². The van der Waals surface area contributed by atoms with Crippen LogP contribution in [0.5, 0.6) is 0 Å². The highest BCUT2D eigenvalue weighted by atomic mass is 35.5. The molecule has 1 aromatic rings. The van der Waals surface area contributed by atoms with Gasteiger partial charge >= 0.3 is 17.8 Å². The normalized spacial score (nSPS) is 19.4. The molecule has 0 bridgehead atoms. The number of urea groups is 1. The molecule has 0 radical (unpaired) electrons. The first-order valence-electron chi connectivity index (χ1n) is 8.63. The van der Waals surface area contributed by atoms with Gasteiger partial charge < -0.3 is 5.32 Å².